The highest BCUT2D eigenvalue weighted by Crippen LogP contribution is 2.55. The average molecular weight is 579 g/mol. The van der Waals surface area contributed by atoms with Crippen LogP contribution in [0.5, 0.6) is 0 Å². The van der Waals surface area contributed by atoms with Crippen LogP contribution in [-0.4, -0.2) is 50.5 Å². The summed E-state index contributed by atoms with van der Waals surface area (Å²) >= 11 is 1.94. The fourth-order valence-corrected chi connectivity index (χ4v) is 8.06. The van der Waals surface area contributed by atoms with E-state index in [1.165, 1.54) is 43.7 Å². The van der Waals surface area contributed by atoms with Crippen molar-refractivity contribution in [1.82, 2.24) is 14.9 Å². The molecule has 5 nitrogen and oxygen atoms in total. The molecule has 0 unspecified atom stereocenters. The topological polar surface area (TPSA) is 61.3 Å². The zero-order chi connectivity index (χ0) is 29.1. The molecule has 0 amide bonds. The first-order chi connectivity index (χ1) is 19.0. The summed E-state index contributed by atoms with van der Waals surface area (Å²) in [4.78, 5) is 12.2. The Kier molecular flexibility index (Phi) is 10.1. The number of likely N-dealkylation sites (tertiary alicyclic amines) is 1. The van der Waals surface area contributed by atoms with Gasteiger partial charge in [0.25, 0.3) is 0 Å². The number of hydrogen-bond acceptors (Lipinski definition) is 6. The van der Waals surface area contributed by atoms with Gasteiger partial charge in [-0.2, -0.15) is 13.2 Å². The molecule has 2 aliphatic carbocycles. The van der Waals surface area contributed by atoms with Crippen LogP contribution in [0.1, 0.15) is 102 Å². The number of aliphatic hydroxyl groups excluding tert-OH is 1. The van der Waals surface area contributed by atoms with E-state index in [2.05, 4.69) is 46.2 Å². The van der Waals surface area contributed by atoms with Crippen molar-refractivity contribution >= 4 is 23.4 Å². The average Bonchev–Trinajstić information content (AvgIpc) is 2.90. The van der Waals surface area contributed by atoms with Crippen LogP contribution >= 0.6 is 11.8 Å². The van der Waals surface area contributed by atoms with Crippen LogP contribution in [-0.2, 0) is 6.18 Å². The Morgan fingerprint density at radius 3 is 2.30 bits per heavy atom. The lowest BCUT2D eigenvalue weighted by Gasteiger charge is -2.52. The van der Waals surface area contributed by atoms with Gasteiger partial charge in [-0.1, -0.05) is 13.8 Å². The van der Waals surface area contributed by atoms with E-state index in [1.54, 1.807) is 0 Å². The first-order valence-electron chi connectivity index (χ1n) is 14.9. The number of hydrogen-bond donors (Lipinski definition) is 2. The molecule has 1 saturated heterocycles. The van der Waals surface area contributed by atoms with Crippen molar-refractivity contribution in [2.75, 3.05) is 18.4 Å². The Morgan fingerprint density at radius 2 is 1.73 bits per heavy atom. The molecule has 0 atom stereocenters. The van der Waals surface area contributed by atoms with Crippen molar-refractivity contribution in [3.63, 3.8) is 0 Å². The molecular formula is C31H45F3N4OS. The Hall–Kier alpha value is -1.84. The first kappa shape index (κ1) is 31.1. The van der Waals surface area contributed by atoms with Crippen LogP contribution < -0.4 is 5.32 Å². The molecule has 3 fully saturated rings. The highest BCUT2D eigenvalue weighted by molar-refractivity contribution is 8.00. The lowest BCUT2D eigenvalue weighted by atomic mass is 9.63. The normalized spacial score (nSPS) is 23.4. The Morgan fingerprint density at radius 1 is 1.07 bits per heavy atom. The molecule has 1 spiro atoms. The highest BCUT2D eigenvalue weighted by atomic mass is 32.2. The minimum atomic E-state index is -4.51. The van der Waals surface area contributed by atoms with Gasteiger partial charge in [0.05, 0.1) is 17.4 Å². The van der Waals surface area contributed by atoms with Gasteiger partial charge in [0.15, 0.2) is 0 Å². The van der Waals surface area contributed by atoms with Gasteiger partial charge in [-0.3, -0.25) is 0 Å². The molecule has 9 heteroatoms. The zero-order valence-electron chi connectivity index (χ0n) is 24.5. The molecule has 1 aromatic carbocycles. The summed E-state index contributed by atoms with van der Waals surface area (Å²) in [5, 5.41) is 13.6. The largest absolute Gasteiger partial charge is 0.419 e. The van der Waals surface area contributed by atoms with Crippen molar-refractivity contribution in [2.24, 2.45) is 5.41 Å². The summed E-state index contributed by atoms with van der Waals surface area (Å²) in [6, 6.07) is 6.84. The summed E-state index contributed by atoms with van der Waals surface area (Å²) in [6.07, 6.45) is 3.08. The van der Waals surface area contributed by atoms with Crippen molar-refractivity contribution in [3.05, 3.63) is 41.2 Å². The third-order valence-corrected chi connectivity index (χ3v) is 10.1. The molecular weight excluding hydrogens is 533 g/mol. The van der Waals surface area contributed by atoms with Gasteiger partial charge in [-0.25, -0.2) is 9.97 Å². The van der Waals surface area contributed by atoms with Crippen molar-refractivity contribution in [2.45, 2.75) is 120 Å². The molecule has 2 aromatic rings. The summed E-state index contributed by atoms with van der Waals surface area (Å²) in [7, 11) is 0. The molecule has 1 aliphatic heterocycles. The predicted molar refractivity (Wildman–Crippen MR) is 157 cm³/mol. The number of piperidine rings is 1. The van der Waals surface area contributed by atoms with E-state index in [9.17, 15) is 18.3 Å². The minimum Gasteiger partial charge on any atom is -0.393 e. The summed E-state index contributed by atoms with van der Waals surface area (Å²) in [5.41, 5.74) is 1.60. The number of alkyl halides is 3. The van der Waals surface area contributed by atoms with E-state index in [4.69, 9.17) is 0 Å². The number of rotatable bonds is 6. The number of nitrogens with one attached hydrogen (secondary N) is 1. The molecule has 2 heterocycles. The fourth-order valence-electron chi connectivity index (χ4n) is 6.41. The molecule has 2 saturated carbocycles. The van der Waals surface area contributed by atoms with Gasteiger partial charge in [-0.05, 0) is 114 Å². The van der Waals surface area contributed by atoms with Crippen LogP contribution in [0.4, 0.5) is 24.8 Å². The first-order valence-corrected chi connectivity index (χ1v) is 15.8. The molecule has 5 rings (SSSR count). The number of aliphatic hydroxyl groups is 1. The van der Waals surface area contributed by atoms with E-state index >= 15 is 0 Å². The van der Waals surface area contributed by atoms with Crippen LogP contribution in [0.25, 0.3) is 0 Å². The second-order valence-electron chi connectivity index (χ2n) is 11.9. The lowest BCUT2D eigenvalue weighted by molar-refractivity contribution is -0.139. The van der Waals surface area contributed by atoms with Crippen LogP contribution in [0, 0.1) is 12.3 Å². The number of nitrogens with zero attached hydrogens (tertiary/aromatic N) is 3. The molecule has 3 aliphatic rings. The molecule has 40 heavy (non-hydrogen) atoms. The quantitative estimate of drug-likeness (QED) is 0.359. The zero-order valence-corrected chi connectivity index (χ0v) is 25.3. The highest BCUT2D eigenvalue weighted by Gasteiger charge is 2.46. The van der Waals surface area contributed by atoms with Gasteiger partial charge in [0.1, 0.15) is 0 Å². The smallest absolute Gasteiger partial charge is 0.393 e. The Balaban J connectivity index is 0.00000181. The maximum Gasteiger partial charge on any atom is 0.419 e. The van der Waals surface area contributed by atoms with Gasteiger partial charge in [-0.15, -0.1) is 11.8 Å². The third kappa shape index (κ3) is 7.32. The molecule has 222 valence electrons. The van der Waals surface area contributed by atoms with Gasteiger partial charge >= 0.3 is 6.18 Å². The number of benzene rings is 1. The monoisotopic (exact) mass is 578 g/mol. The maximum absolute atomic E-state index is 13.7. The number of aryl methyl sites for hydroxylation is 1. The van der Waals surface area contributed by atoms with E-state index in [1.807, 2.05) is 38.6 Å². The van der Waals surface area contributed by atoms with Crippen LogP contribution in [0.15, 0.2) is 29.3 Å². The maximum atomic E-state index is 13.7. The molecule has 2 N–H and O–H groups in total. The Bertz CT molecular complexity index is 1120. The van der Waals surface area contributed by atoms with E-state index in [0.717, 1.165) is 17.4 Å². The number of anilines is 2. The predicted octanol–water partition coefficient (Wildman–Crippen LogP) is 8.34. The number of halogens is 3. The summed E-state index contributed by atoms with van der Waals surface area (Å²) in [5.74, 6) is -0.155. The Labute approximate surface area is 241 Å². The minimum absolute atomic E-state index is 0.0323. The van der Waals surface area contributed by atoms with E-state index < -0.39 is 17.8 Å². The van der Waals surface area contributed by atoms with Gasteiger partial charge < -0.3 is 15.3 Å². The fraction of sp³-hybridized carbons (Fsp3) is 0.677. The van der Waals surface area contributed by atoms with Crippen molar-refractivity contribution in [1.29, 1.82) is 0 Å². The van der Waals surface area contributed by atoms with Gasteiger partial charge in [0.2, 0.25) is 5.95 Å². The number of thioether (sulfide) groups is 1. The number of aromatic nitrogens is 2. The van der Waals surface area contributed by atoms with Crippen LogP contribution in [0.3, 0.4) is 0 Å². The second kappa shape index (κ2) is 13.0. The van der Waals surface area contributed by atoms with Crippen molar-refractivity contribution < 1.29 is 18.3 Å². The summed E-state index contributed by atoms with van der Waals surface area (Å²) in [6.45, 7) is 13.0. The summed E-state index contributed by atoms with van der Waals surface area (Å²) < 4.78 is 41.1. The van der Waals surface area contributed by atoms with E-state index in [0.29, 0.717) is 42.4 Å². The van der Waals surface area contributed by atoms with Gasteiger partial charge in [0, 0.05) is 34.0 Å². The van der Waals surface area contributed by atoms with Crippen LogP contribution in [0.2, 0.25) is 0 Å². The second-order valence-corrected chi connectivity index (χ2v) is 13.2. The van der Waals surface area contributed by atoms with Crippen molar-refractivity contribution in [3.8, 4) is 0 Å². The molecule has 0 radical (unpaired) electrons. The SMILES string of the molecule is CC.Cc1cc(SC2CC3(CCN(C(C)C)CC3)C2)ccc1Nc1ncc(C(F)(F)F)c(C2CCC(O)CC2)n1. The molecule has 0 bridgehead atoms. The third-order valence-electron chi connectivity index (χ3n) is 8.86. The van der Waals surface area contributed by atoms with E-state index in [-0.39, 0.29) is 17.6 Å². The molecule has 1 aromatic heterocycles. The lowest BCUT2D eigenvalue weighted by Crippen LogP contribution is -2.49. The standard InChI is InChI=1S/C29H39F3N4OS.C2H6/c1-18(2)36-12-10-28(11-13-36)15-23(16-28)38-22-8-9-25(19(3)14-22)34-27-33-17-24(29(30,31)32)26(35-27)20-4-6-21(37)7-5-20;1-2/h8-9,14,17-18,20-21,23,37H,4-7,10-13,15-16H2,1-3H3,(H,33,34,35);1-2H3.